The minimum atomic E-state index is -0.197. The van der Waals surface area contributed by atoms with Gasteiger partial charge in [-0.2, -0.15) is 0 Å². The Morgan fingerprint density at radius 3 is 2.82 bits per heavy atom. The number of carbonyl (C=O) groups is 1. The molecule has 1 amide bonds. The van der Waals surface area contributed by atoms with Crippen LogP contribution in [0.2, 0.25) is 0 Å². The first-order valence-electron chi connectivity index (χ1n) is 5.55. The first-order chi connectivity index (χ1) is 8.15. The molecule has 0 aliphatic carbocycles. The molecule has 0 fully saturated rings. The summed E-state index contributed by atoms with van der Waals surface area (Å²) in [7, 11) is 0. The van der Waals surface area contributed by atoms with Gasteiger partial charge in [0.15, 0.2) is 5.76 Å². The van der Waals surface area contributed by atoms with E-state index >= 15 is 0 Å². The van der Waals surface area contributed by atoms with Crippen molar-refractivity contribution in [2.75, 3.05) is 0 Å². The summed E-state index contributed by atoms with van der Waals surface area (Å²) < 4.78 is 10.5. The average Bonchev–Trinajstić information content (AvgIpc) is 2.89. The van der Waals surface area contributed by atoms with Crippen LogP contribution >= 0.6 is 0 Å². The smallest absolute Gasteiger partial charge is 0.287 e. The second kappa shape index (κ2) is 4.91. The lowest BCUT2D eigenvalue weighted by molar-refractivity contribution is 0.0910. The number of nitrogens with one attached hydrogen (secondary N) is 1. The van der Waals surface area contributed by atoms with Gasteiger partial charge in [-0.1, -0.05) is 0 Å². The fourth-order valence-electron chi connectivity index (χ4n) is 1.63. The predicted octanol–water partition coefficient (Wildman–Crippen LogP) is 2.54. The van der Waals surface area contributed by atoms with Crippen LogP contribution in [-0.2, 0) is 6.42 Å². The Hall–Kier alpha value is -1.97. The van der Waals surface area contributed by atoms with Gasteiger partial charge in [-0.25, -0.2) is 0 Å². The molecular weight excluding hydrogens is 218 g/mol. The molecule has 2 rings (SSSR count). The SMILES string of the molecule is Cc1ccc(C(=O)NC(C)Cc2ccco2)o1. The summed E-state index contributed by atoms with van der Waals surface area (Å²) in [5, 5.41) is 2.86. The molecule has 0 bridgehead atoms. The third-order valence-corrected chi connectivity index (χ3v) is 2.43. The lowest BCUT2D eigenvalue weighted by Crippen LogP contribution is -2.33. The Kier molecular flexibility index (Phi) is 3.32. The van der Waals surface area contributed by atoms with Crippen LogP contribution < -0.4 is 5.32 Å². The zero-order chi connectivity index (χ0) is 12.3. The quantitative estimate of drug-likeness (QED) is 0.882. The van der Waals surface area contributed by atoms with Crippen LogP contribution in [0.5, 0.6) is 0 Å². The average molecular weight is 233 g/mol. The van der Waals surface area contributed by atoms with Crippen molar-refractivity contribution in [3.8, 4) is 0 Å². The molecular formula is C13H15NO3. The molecule has 17 heavy (non-hydrogen) atoms. The summed E-state index contributed by atoms with van der Waals surface area (Å²) in [4.78, 5) is 11.8. The van der Waals surface area contributed by atoms with E-state index in [1.165, 1.54) is 0 Å². The van der Waals surface area contributed by atoms with Crippen molar-refractivity contribution in [2.45, 2.75) is 26.3 Å². The van der Waals surface area contributed by atoms with Crippen molar-refractivity contribution in [1.82, 2.24) is 5.32 Å². The van der Waals surface area contributed by atoms with Gasteiger partial charge in [-0.05, 0) is 38.1 Å². The molecule has 1 N–H and O–H groups in total. The molecule has 4 nitrogen and oxygen atoms in total. The lowest BCUT2D eigenvalue weighted by atomic mass is 10.2. The van der Waals surface area contributed by atoms with Gasteiger partial charge >= 0.3 is 0 Å². The summed E-state index contributed by atoms with van der Waals surface area (Å²) in [5.74, 6) is 1.73. The predicted molar refractivity (Wildman–Crippen MR) is 62.8 cm³/mol. The molecule has 0 radical (unpaired) electrons. The molecule has 0 aliphatic rings. The summed E-state index contributed by atoms with van der Waals surface area (Å²) in [6, 6.07) is 7.16. The van der Waals surface area contributed by atoms with Gasteiger partial charge in [0, 0.05) is 12.5 Å². The minimum absolute atomic E-state index is 0.000874. The zero-order valence-corrected chi connectivity index (χ0v) is 9.90. The number of furan rings is 2. The van der Waals surface area contributed by atoms with E-state index in [2.05, 4.69) is 5.32 Å². The largest absolute Gasteiger partial charge is 0.469 e. The molecule has 0 spiro atoms. The molecule has 0 aromatic carbocycles. The van der Waals surface area contributed by atoms with Gasteiger partial charge < -0.3 is 14.2 Å². The van der Waals surface area contributed by atoms with E-state index in [4.69, 9.17) is 8.83 Å². The number of hydrogen-bond acceptors (Lipinski definition) is 3. The number of amides is 1. The number of hydrogen-bond donors (Lipinski definition) is 1. The second-order valence-electron chi connectivity index (χ2n) is 4.07. The molecule has 2 aromatic rings. The van der Waals surface area contributed by atoms with Crippen molar-refractivity contribution in [2.24, 2.45) is 0 Å². The Bertz CT molecular complexity index is 484. The van der Waals surface area contributed by atoms with Crippen LogP contribution in [0.25, 0.3) is 0 Å². The number of aryl methyl sites for hydroxylation is 1. The highest BCUT2D eigenvalue weighted by atomic mass is 16.3. The van der Waals surface area contributed by atoms with Gasteiger partial charge in [0.2, 0.25) is 0 Å². The Labute approximate surface area is 99.6 Å². The maximum Gasteiger partial charge on any atom is 0.287 e. The van der Waals surface area contributed by atoms with Crippen LogP contribution in [-0.4, -0.2) is 11.9 Å². The van der Waals surface area contributed by atoms with E-state index in [0.717, 1.165) is 11.5 Å². The molecule has 2 aromatic heterocycles. The van der Waals surface area contributed by atoms with Gasteiger partial charge in [0.05, 0.1) is 6.26 Å². The summed E-state index contributed by atoms with van der Waals surface area (Å²) in [6.45, 7) is 3.74. The molecule has 1 atom stereocenters. The third kappa shape index (κ3) is 3.00. The summed E-state index contributed by atoms with van der Waals surface area (Å²) in [5.41, 5.74) is 0. The van der Waals surface area contributed by atoms with Crippen LogP contribution in [0.3, 0.4) is 0 Å². The van der Waals surface area contributed by atoms with Crippen molar-refractivity contribution < 1.29 is 13.6 Å². The molecule has 1 unspecified atom stereocenters. The van der Waals surface area contributed by atoms with Crippen molar-refractivity contribution in [1.29, 1.82) is 0 Å². The van der Waals surface area contributed by atoms with E-state index < -0.39 is 0 Å². The normalized spacial score (nSPS) is 12.4. The lowest BCUT2D eigenvalue weighted by Gasteiger charge is -2.10. The van der Waals surface area contributed by atoms with Crippen LogP contribution in [0.1, 0.15) is 29.0 Å². The fourth-order valence-corrected chi connectivity index (χ4v) is 1.63. The molecule has 0 aliphatic heterocycles. The minimum Gasteiger partial charge on any atom is -0.469 e. The highest BCUT2D eigenvalue weighted by Crippen LogP contribution is 2.08. The highest BCUT2D eigenvalue weighted by Gasteiger charge is 2.13. The Balaban J connectivity index is 1.90. The van der Waals surface area contributed by atoms with E-state index in [9.17, 15) is 4.79 Å². The van der Waals surface area contributed by atoms with E-state index in [-0.39, 0.29) is 11.9 Å². The number of carbonyl (C=O) groups excluding carboxylic acids is 1. The summed E-state index contributed by atoms with van der Waals surface area (Å²) in [6.07, 6.45) is 2.29. The molecule has 4 heteroatoms. The van der Waals surface area contributed by atoms with Gasteiger partial charge in [0.25, 0.3) is 5.91 Å². The third-order valence-electron chi connectivity index (χ3n) is 2.43. The standard InChI is InChI=1S/C13H15NO3/c1-9(8-11-4-3-7-16-11)14-13(15)12-6-5-10(2)17-12/h3-7,9H,8H2,1-2H3,(H,14,15). The van der Waals surface area contributed by atoms with Crippen molar-refractivity contribution >= 4 is 5.91 Å². The zero-order valence-electron chi connectivity index (χ0n) is 9.90. The maximum absolute atomic E-state index is 11.8. The monoisotopic (exact) mass is 233 g/mol. The van der Waals surface area contributed by atoms with E-state index in [1.54, 1.807) is 18.4 Å². The molecule has 0 saturated carbocycles. The first kappa shape index (κ1) is 11.5. The van der Waals surface area contributed by atoms with Gasteiger partial charge in [-0.15, -0.1) is 0 Å². The second-order valence-corrected chi connectivity index (χ2v) is 4.07. The number of rotatable bonds is 4. The van der Waals surface area contributed by atoms with Crippen LogP contribution in [0, 0.1) is 6.92 Å². The van der Waals surface area contributed by atoms with Crippen LogP contribution in [0.4, 0.5) is 0 Å². The van der Waals surface area contributed by atoms with E-state index in [0.29, 0.717) is 12.2 Å². The Morgan fingerprint density at radius 2 is 2.24 bits per heavy atom. The molecule has 90 valence electrons. The topological polar surface area (TPSA) is 55.4 Å². The van der Waals surface area contributed by atoms with Gasteiger partial charge in [0.1, 0.15) is 11.5 Å². The van der Waals surface area contributed by atoms with Crippen molar-refractivity contribution in [3.63, 3.8) is 0 Å². The fraction of sp³-hybridized carbons (Fsp3) is 0.308. The van der Waals surface area contributed by atoms with Gasteiger partial charge in [-0.3, -0.25) is 4.79 Å². The highest BCUT2D eigenvalue weighted by molar-refractivity contribution is 5.91. The summed E-state index contributed by atoms with van der Waals surface area (Å²) >= 11 is 0. The Morgan fingerprint density at radius 1 is 1.41 bits per heavy atom. The van der Waals surface area contributed by atoms with E-state index in [1.807, 2.05) is 26.0 Å². The van der Waals surface area contributed by atoms with Crippen LogP contribution in [0.15, 0.2) is 39.4 Å². The first-order valence-corrected chi connectivity index (χ1v) is 5.55. The molecule has 2 heterocycles. The molecule has 0 saturated heterocycles. The van der Waals surface area contributed by atoms with Crippen molar-refractivity contribution in [3.05, 3.63) is 47.8 Å². The maximum atomic E-state index is 11.8.